The van der Waals surface area contributed by atoms with Crippen molar-refractivity contribution < 1.29 is 13.2 Å². The number of piperidine rings is 1. The van der Waals surface area contributed by atoms with Crippen LogP contribution < -0.4 is 10.0 Å². The Kier molecular flexibility index (Phi) is 6.36. The second-order valence-corrected chi connectivity index (χ2v) is 9.18. The van der Waals surface area contributed by atoms with Gasteiger partial charge in [0.05, 0.1) is 17.5 Å². The zero-order valence-corrected chi connectivity index (χ0v) is 17.1. The topological polar surface area (TPSA) is 78.5 Å². The maximum Gasteiger partial charge on any atom is 0.253 e. The largest absolute Gasteiger partial charge is 0.349 e. The predicted octanol–water partition coefficient (Wildman–Crippen LogP) is 2.76. The molecule has 2 aromatic rings. The van der Waals surface area contributed by atoms with E-state index in [2.05, 4.69) is 46.1 Å². The van der Waals surface area contributed by atoms with Gasteiger partial charge in [0, 0.05) is 25.7 Å². The summed E-state index contributed by atoms with van der Waals surface area (Å²) in [6, 6.07) is 15.3. The molecule has 1 saturated heterocycles. The highest BCUT2D eigenvalue weighted by Crippen LogP contribution is 2.19. The Morgan fingerprint density at radius 3 is 2.50 bits per heavy atom. The van der Waals surface area contributed by atoms with E-state index in [0.29, 0.717) is 11.3 Å². The van der Waals surface area contributed by atoms with Crippen molar-refractivity contribution in [2.24, 2.45) is 0 Å². The summed E-state index contributed by atoms with van der Waals surface area (Å²) >= 11 is 0. The standard InChI is InChI=1S/C21H27N3O3S/c1-16-6-5-7-17(14-16)15-24-12-10-18(11-13-24)22-21(25)19-8-3-4-9-20(19)23-28(2,26)27/h3-9,14,18,23H,10-13,15H2,1-2H3,(H,22,25). The second-order valence-electron chi connectivity index (χ2n) is 7.43. The third kappa shape index (κ3) is 5.81. The van der Waals surface area contributed by atoms with Crippen LogP contribution in [0.25, 0.3) is 0 Å². The third-order valence-corrected chi connectivity index (χ3v) is 5.47. The lowest BCUT2D eigenvalue weighted by Gasteiger charge is -2.32. The van der Waals surface area contributed by atoms with Crippen molar-refractivity contribution in [1.29, 1.82) is 0 Å². The molecule has 1 fully saturated rings. The summed E-state index contributed by atoms with van der Waals surface area (Å²) in [5.41, 5.74) is 3.22. The maximum atomic E-state index is 12.7. The molecule has 0 aromatic heterocycles. The fourth-order valence-corrected chi connectivity index (χ4v) is 4.11. The smallest absolute Gasteiger partial charge is 0.253 e. The molecule has 1 aliphatic heterocycles. The van der Waals surface area contributed by atoms with Crippen LogP contribution in [0.2, 0.25) is 0 Å². The molecule has 6 nitrogen and oxygen atoms in total. The van der Waals surface area contributed by atoms with E-state index in [1.54, 1.807) is 24.3 Å². The number of nitrogens with one attached hydrogen (secondary N) is 2. The molecule has 28 heavy (non-hydrogen) atoms. The molecule has 2 aromatic carbocycles. The van der Waals surface area contributed by atoms with Gasteiger partial charge in [0.2, 0.25) is 10.0 Å². The van der Waals surface area contributed by atoms with Gasteiger partial charge < -0.3 is 5.32 Å². The molecular formula is C21H27N3O3S. The Morgan fingerprint density at radius 2 is 1.82 bits per heavy atom. The van der Waals surface area contributed by atoms with Crippen molar-refractivity contribution in [3.8, 4) is 0 Å². The van der Waals surface area contributed by atoms with Gasteiger partial charge in [-0.3, -0.25) is 14.4 Å². The zero-order chi connectivity index (χ0) is 20.1. The van der Waals surface area contributed by atoms with Crippen LogP contribution in [0.1, 0.15) is 34.3 Å². The van der Waals surface area contributed by atoms with Crippen molar-refractivity contribution in [3.63, 3.8) is 0 Å². The van der Waals surface area contributed by atoms with Crippen molar-refractivity contribution in [3.05, 3.63) is 65.2 Å². The molecule has 3 rings (SSSR count). The highest BCUT2D eigenvalue weighted by Gasteiger charge is 2.22. The summed E-state index contributed by atoms with van der Waals surface area (Å²) in [6.07, 6.45) is 2.82. The summed E-state index contributed by atoms with van der Waals surface area (Å²) in [4.78, 5) is 15.1. The summed E-state index contributed by atoms with van der Waals surface area (Å²) < 4.78 is 25.5. The number of hydrogen-bond donors (Lipinski definition) is 2. The monoisotopic (exact) mass is 401 g/mol. The third-order valence-electron chi connectivity index (χ3n) is 4.88. The number of carbonyl (C=O) groups excluding carboxylic acids is 1. The molecular weight excluding hydrogens is 374 g/mol. The Hall–Kier alpha value is -2.38. The minimum atomic E-state index is -3.44. The number of para-hydroxylation sites is 1. The number of rotatable bonds is 6. The first-order valence-corrected chi connectivity index (χ1v) is 11.3. The molecule has 150 valence electrons. The van der Waals surface area contributed by atoms with E-state index in [0.717, 1.165) is 38.7 Å². The molecule has 1 amide bonds. The molecule has 0 aliphatic carbocycles. The van der Waals surface area contributed by atoms with Crippen molar-refractivity contribution >= 4 is 21.6 Å². The minimum Gasteiger partial charge on any atom is -0.349 e. The number of likely N-dealkylation sites (tertiary alicyclic amines) is 1. The van der Waals surface area contributed by atoms with E-state index in [1.807, 2.05) is 0 Å². The van der Waals surface area contributed by atoms with Crippen molar-refractivity contribution in [2.45, 2.75) is 32.4 Å². The van der Waals surface area contributed by atoms with Gasteiger partial charge in [-0.25, -0.2) is 8.42 Å². The van der Waals surface area contributed by atoms with Gasteiger partial charge in [0.1, 0.15) is 0 Å². The average molecular weight is 402 g/mol. The number of aryl methyl sites for hydroxylation is 1. The number of nitrogens with zero attached hydrogens (tertiary/aromatic N) is 1. The summed E-state index contributed by atoms with van der Waals surface area (Å²) in [5.74, 6) is -0.246. The van der Waals surface area contributed by atoms with Crippen LogP contribution in [0.15, 0.2) is 48.5 Å². The van der Waals surface area contributed by atoms with Crippen LogP contribution in [0.4, 0.5) is 5.69 Å². The van der Waals surface area contributed by atoms with E-state index in [-0.39, 0.29) is 11.9 Å². The van der Waals surface area contributed by atoms with E-state index in [4.69, 9.17) is 0 Å². The lowest BCUT2D eigenvalue weighted by atomic mass is 10.0. The lowest BCUT2D eigenvalue weighted by Crippen LogP contribution is -2.44. The Labute approximate surface area is 167 Å². The van der Waals surface area contributed by atoms with Gasteiger partial charge in [-0.15, -0.1) is 0 Å². The number of benzene rings is 2. The highest BCUT2D eigenvalue weighted by atomic mass is 32.2. The van der Waals surface area contributed by atoms with Crippen LogP contribution in [-0.4, -0.2) is 44.6 Å². The van der Waals surface area contributed by atoms with E-state index >= 15 is 0 Å². The number of sulfonamides is 1. The summed E-state index contributed by atoms with van der Waals surface area (Å²) in [7, 11) is -3.44. The van der Waals surface area contributed by atoms with Crippen LogP contribution in [0.5, 0.6) is 0 Å². The van der Waals surface area contributed by atoms with Crippen LogP contribution in [0, 0.1) is 6.92 Å². The van der Waals surface area contributed by atoms with Crippen LogP contribution in [-0.2, 0) is 16.6 Å². The maximum absolute atomic E-state index is 12.7. The number of anilines is 1. The quantitative estimate of drug-likeness (QED) is 0.780. The first-order chi connectivity index (χ1) is 13.3. The normalized spacial score (nSPS) is 15.9. The molecule has 7 heteroatoms. The van der Waals surface area contributed by atoms with E-state index in [1.165, 1.54) is 11.1 Å². The van der Waals surface area contributed by atoms with Gasteiger partial charge in [-0.2, -0.15) is 0 Å². The van der Waals surface area contributed by atoms with Gasteiger partial charge in [-0.1, -0.05) is 42.0 Å². The van der Waals surface area contributed by atoms with Gasteiger partial charge in [-0.05, 0) is 37.5 Å². The fourth-order valence-electron chi connectivity index (χ4n) is 3.54. The zero-order valence-electron chi connectivity index (χ0n) is 16.3. The van der Waals surface area contributed by atoms with Gasteiger partial charge >= 0.3 is 0 Å². The molecule has 0 unspecified atom stereocenters. The number of amides is 1. The minimum absolute atomic E-state index is 0.0903. The Morgan fingerprint density at radius 1 is 1.11 bits per heavy atom. The molecule has 0 spiro atoms. The van der Waals surface area contributed by atoms with Gasteiger partial charge in [0.25, 0.3) is 5.91 Å². The molecule has 2 N–H and O–H groups in total. The lowest BCUT2D eigenvalue weighted by molar-refractivity contribution is 0.0910. The molecule has 0 saturated carbocycles. The fraction of sp³-hybridized carbons (Fsp3) is 0.381. The molecule has 0 radical (unpaired) electrons. The predicted molar refractivity (Wildman–Crippen MR) is 112 cm³/mol. The second kappa shape index (κ2) is 8.75. The first kappa shape index (κ1) is 20.4. The average Bonchev–Trinajstić information content (AvgIpc) is 2.62. The van der Waals surface area contributed by atoms with Crippen molar-refractivity contribution in [1.82, 2.24) is 10.2 Å². The SMILES string of the molecule is Cc1cccc(CN2CCC(NC(=O)c3ccccc3NS(C)(=O)=O)CC2)c1. The summed E-state index contributed by atoms with van der Waals surface area (Å²) in [5, 5.41) is 3.05. The molecule has 0 bridgehead atoms. The first-order valence-electron chi connectivity index (χ1n) is 9.46. The number of hydrogen-bond acceptors (Lipinski definition) is 4. The Bertz CT molecular complexity index is 935. The van der Waals surface area contributed by atoms with Crippen molar-refractivity contribution in [2.75, 3.05) is 24.1 Å². The summed E-state index contributed by atoms with van der Waals surface area (Å²) in [6.45, 7) is 4.86. The van der Waals surface area contributed by atoms with Crippen LogP contribution >= 0.6 is 0 Å². The molecule has 1 aliphatic rings. The van der Waals surface area contributed by atoms with E-state index < -0.39 is 10.0 Å². The number of carbonyl (C=O) groups is 1. The Balaban J connectivity index is 1.56. The van der Waals surface area contributed by atoms with Gasteiger partial charge in [0.15, 0.2) is 0 Å². The highest BCUT2D eigenvalue weighted by molar-refractivity contribution is 7.92. The van der Waals surface area contributed by atoms with E-state index in [9.17, 15) is 13.2 Å². The molecule has 1 heterocycles. The van der Waals surface area contributed by atoms with Crippen LogP contribution in [0.3, 0.4) is 0 Å². The molecule has 0 atom stereocenters.